The van der Waals surface area contributed by atoms with E-state index in [0.29, 0.717) is 0 Å². The van der Waals surface area contributed by atoms with Gasteiger partial charge in [0.15, 0.2) is 0 Å². The molecule has 0 heterocycles. The Bertz CT molecular complexity index is 3470. The van der Waals surface area contributed by atoms with Crippen molar-refractivity contribution in [3.63, 3.8) is 0 Å². The molecule has 0 bridgehead atoms. The number of benzene rings is 11. The third-order valence-electron chi connectivity index (χ3n) is 13.2. The fourth-order valence-corrected chi connectivity index (χ4v) is 10.3. The molecule has 0 radical (unpaired) electrons. The van der Waals surface area contributed by atoms with Crippen molar-refractivity contribution >= 4 is 49.4 Å². The van der Waals surface area contributed by atoms with Crippen molar-refractivity contribution in [3.05, 3.63) is 259 Å². The number of anilines is 3. The van der Waals surface area contributed by atoms with Crippen LogP contribution in [0, 0.1) is 0 Å². The lowest BCUT2D eigenvalue weighted by atomic mass is 9.83. The maximum absolute atomic E-state index is 2.57. The second-order valence-electron chi connectivity index (χ2n) is 16.7. The molecule has 0 aliphatic heterocycles. The lowest BCUT2D eigenvalue weighted by Gasteiger charge is -2.32. The van der Waals surface area contributed by atoms with E-state index < -0.39 is 0 Å². The second kappa shape index (κ2) is 15.5. The predicted octanol–water partition coefficient (Wildman–Crippen LogP) is 16.8. The third kappa shape index (κ3) is 6.40. The fourth-order valence-electron chi connectivity index (χ4n) is 10.3. The standard InChI is InChI=1S/C62H43N/c1-3-18-42(19-4-1)44-34-36-52(43-20-5-2-6-21-43)62(40-44)63(48-35-37-58-56-30-14-13-28-54(56)55-29-15-16-31-57(55)59(58)41-48)61-33-17-32-53-51-27-12-8-23-46(51)38-45-22-7-10-25-49(45)50-26-11-9-24-47(50)39-60(53)61/h1-37,40-41H,38-39H2. The number of nitrogens with zero attached hydrogens (tertiary/aromatic N) is 1. The van der Waals surface area contributed by atoms with Gasteiger partial charge in [0.25, 0.3) is 0 Å². The largest absolute Gasteiger partial charge is 0.310 e. The van der Waals surface area contributed by atoms with Crippen LogP contribution < -0.4 is 4.90 Å². The van der Waals surface area contributed by atoms with Crippen molar-refractivity contribution in [2.75, 3.05) is 4.90 Å². The Balaban J connectivity index is 1.20. The van der Waals surface area contributed by atoms with Gasteiger partial charge in [-0.05, 0) is 124 Å². The minimum Gasteiger partial charge on any atom is -0.310 e. The summed E-state index contributed by atoms with van der Waals surface area (Å²) < 4.78 is 0. The number of hydrogen-bond acceptors (Lipinski definition) is 1. The SMILES string of the molecule is c1ccc(-c2ccc(-c3ccccc3)c(N(c3ccc4c5ccccc5c5ccccc5c4c3)c3cccc4c3Cc3ccccc3-c3ccccc3Cc3ccccc3-4)c2)cc1. The van der Waals surface area contributed by atoms with E-state index in [9.17, 15) is 0 Å². The van der Waals surface area contributed by atoms with Gasteiger partial charge in [0.2, 0.25) is 0 Å². The van der Waals surface area contributed by atoms with Gasteiger partial charge in [0.1, 0.15) is 0 Å². The van der Waals surface area contributed by atoms with Crippen molar-refractivity contribution < 1.29 is 0 Å². The van der Waals surface area contributed by atoms with Crippen molar-refractivity contribution in [3.8, 4) is 44.5 Å². The van der Waals surface area contributed by atoms with Gasteiger partial charge in [0, 0.05) is 17.7 Å². The van der Waals surface area contributed by atoms with E-state index >= 15 is 0 Å². The Morgan fingerprint density at radius 1 is 0.254 bits per heavy atom. The van der Waals surface area contributed by atoms with E-state index in [-0.39, 0.29) is 0 Å². The Hall–Kier alpha value is -8.00. The summed E-state index contributed by atoms with van der Waals surface area (Å²) in [5, 5.41) is 7.57. The second-order valence-corrected chi connectivity index (χ2v) is 16.7. The first-order valence-corrected chi connectivity index (χ1v) is 22.0. The number of rotatable bonds is 5. The van der Waals surface area contributed by atoms with Gasteiger partial charge in [-0.2, -0.15) is 0 Å². The van der Waals surface area contributed by atoms with Crippen LogP contribution in [0.4, 0.5) is 17.1 Å². The molecule has 0 saturated heterocycles. The van der Waals surface area contributed by atoms with Crippen molar-refractivity contribution in [2.24, 2.45) is 0 Å². The van der Waals surface area contributed by atoms with Crippen LogP contribution in [-0.2, 0) is 12.8 Å². The molecule has 12 rings (SSSR count). The first-order chi connectivity index (χ1) is 31.3. The molecule has 0 N–H and O–H groups in total. The van der Waals surface area contributed by atoms with Crippen molar-refractivity contribution in [2.45, 2.75) is 12.8 Å². The van der Waals surface area contributed by atoms with Crippen LogP contribution in [0.3, 0.4) is 0 Å². The summed E-state index contributed by atoms with van der Waals surface area (Å²) in [5.41, 5.74) is 18.5. The average Bonchev–Trinajstić information content (AvgIpc) is 3.35. The molecule has 0 atom stereocenters. The Labute approximate surface area is 368 Å². The summed E-state index contributed by atoms with van der Waals surface area (Å²) in [6.07, 6.45) is 1.60. The Kier molecular flexibility index (Phi) is 9.04. The quantitative estimate of drug-likeness (QED) is 0.157. The topological polar surface area (TPSA) is 3.24 Å². The van der Waals surface area contributed by atoms with E-state index in [4.69, 9.17) is 0 Å². The van der Waals surface area contributed by atoms with E-state index in [1.165, 1.54) is 99.1 Å². The molecule has 11 aromatic rings. The Morgan fingerprint density at radius 2 is 0.730 bits per heavy atom. The zero-order valence-electron chi connectivity index (χ0n) is 34.9. The monoisotopic (exact) mass is 801 g/mol. The van der Waals surface area contributed by atoms with Crippen LogP contribution in [0.2, 0.25) is 0 Å². The summed E-state index contributed by atoms with van der Waals surface area (Å²) in [7, 11) is 0. The zero-order valence-corrected chi connectivity index (χ0v) is 34.9. The van der Waals surface area contributed by atoms with Crippen LogP contribution in [-0.4, -0.2) is 0 Å². The normalized spacial score (nSPS) is 12.0. The summed E-state index contributed by atoms with van der Waals surface area (Å²) in [6.45, 7) is 0. The highest BCUT2D eigenvalue weighted by molar-refractivity contribution is 6.26. The van der Waals surface area contributed by atoms with Crippen LogP contribution in [0.5, 0.6) is 0 Å². The lowest BCUT2D eigenvalue weighted by molar-refractivity contribution is 1.13. The molecule has 0 aromatic heterocycles. The van der Waals surface area contributed by atoms with Crippen molar-refractivity contribution in [1.82, 2.24) is 0 Å². The molecule has 0 saturated carbocycles. The summed E-state index contributed by atoms with van der Waals surface area (Å²) in [6, 6.07) is 87.7. The van der Waals surface area contributed by atoms with Gasteiger partial charge >= 0.3 is 0 Å². The van der Waals surface area contributed by atoms with Gasteiger partial charge in [-0.1, -0.05) is 212 Å². The fraction of sp³-hybridized carbons (Fsp3) is 0.0323. The molecule has 0 spiro atoms. The first kappa shape index (κ1) is 36.8. The molecule has 1 aliphatic carbocycles. The molecular weight excluding hydrogens is 759 g/mol. The van der Waals surface area contributed by atoms with E-state index in [1.54, 1.807) is 0 Å². The summed E-state index contributed by atoms with van der Waals surface area (Å²) in [4.78, 5) is 2.57. The molecular formula is C62H43N. The molecule has 0 unspecified atom stereocenters. The maximum atomic E-state index is 2.57. The summed E-state index contributed by atoms with van der Waals surface area (Å²) in [5.74, 6) is 0. The molecule has 0 fully saturated rings. The van der Waals surface area contributed by atoms with E-state index in [0.717, 1.165) is 29.9 Å². The average molecular weight is 802 g/mol. The van der Waals surface area contributed by atoms with Gasteiger partial charge < -0.3 is 4.90 Å². The minimum atomic E-state index is 0.751. The van der Waals surface area contributed by atoms with E-state index in [1.807, 2.05) is 0 Å². The maximum Gasteiger partial charge on any atom is 0.0546 e. The third-order valence-corrected chi connectivity index (χ3v) is 13.2. The highest BCUT2D eigenvalue weighted by Gasteiger charge is 2.26. The van der Waals surface area contributed by atoms with Crippen LogP contribution in [0.25, 0.3) is 76.8 Å². The molecule has 0 amide bonds. The lowest BCUT2D eigenvalue weighted by Crippen LogP contribution is -2.15. The zero-order chi connectivity index (χ0) is 41.7. The highest BCUT2D eigenvalue weighted by Crippen LogP contribution is 2.49. The molecule has 1 nitrogen and oxygen atoms in total. The van der Waals surface area contributed by atoms with Gasteiger partial charge in [-0.25, -0.2) is 0 Å². The minimum absolute atomic E-state index is 0.751. The molecule has 11 aromatic carbocycles. The molecule has 1 aliphatic rings. The van der Waals surface area contributed by atoms with Crippen LogP contribution in [0.15, 0.2) is 237 Å². The van der Waals surface area contributed by atoms with Crippen molar-refractivity contribution in [1.29, 1.82) is 0 Å². The van der Waals surface area contributed by atoms with E-state index in [2.05, 4.69) is 241 Å². The van der Waals surface area contributed by atoms with Crippen LogP contribution in [0.1, 0.15) is 22.3 Å². The van der Waals surface area contributed by atoms with Gasteiger partial charge in [-0.3, -0.25) is 0 Å². The number of hydrogen-bond donors (Lipinski definition) is 0. The Morgan fingerprint density at radius 3 is 1.35 bits per heavy atom. The molecule has 63 heavy (non-hydrogen) atoms. The first-order valence-electron chi connectivity index (χ1n) is 22.0. The van der Waals surface area contributed by atoms with Gasteiger partial charge in [0.05, 0.1) is 11.4 Å². The summed E-state index contributed by atoms with van der Waals surface area (Å²) >= 11 is 0. The predicted molar refractivity (Wildman–Crippen MR) is 267 cm³/mol. The molecule has 296 valence electrons. The van der Waals surface area contributed by atoms with Gasteiger partial charge in [-0.15, -0.1) is 0 Å². The molecule has 1 heteroatoms. The van der Waals surface area contributed by atoms with Crippen LogP contribution >= 0.6 is 0 Å². The number of fused-ring (bicyclic) bond motifs is 12. The smallest absolute Gasteiger partial charge is 0.0546 e. The highest BCUT2D eigenvalue weighted by atomic mass is 15.1.